The molecule has 0 unspecified atom stereocenters. The van der Waals surface area contributed by atoms with Gasteiger partial charge in [0.05, 0.1) is 5.69 Å². The highest BCUT2D eigenvalue weighted by molar-refractivity contribution is 5.81. The highest BCUT2D eigenvalue weighted by Gasteiger charge is 2.25. The van der Waals surface area contributed by atoms with Crippen molar-refractivity contribution in [3.05, 3.63) is 30.6 Å². The minimum Gasteiger partial charge on any atom is -0.481 e. The lowest BCUT2D eigenvalue weighted by atomic mass is 9.99. The molecule has 0 radical (unpaired) electrons. The van der Waals surface area contributed by atoms with Crippen LogP contribution >= 0.6 is 0 Å². The number of aromatic nitrogens is 4. The molecule has 1 fully saturated rings. The molecule has 1 aliphatic heterocycles. The van der Waals surface area contributed by atoms with Gasteiger partial charge in [-0.2, -0.15) is 0 Å². The molecule has 3 rings (SSSR count). The molecule has 0 saturated carbocycles. The molecule has 1 aliphatic rings. The van der Waals surface area contributed by atoms with Crippen LogP contribution in [0.25, 0.3) is 5.69 Å². The minimum atomic E-state index is -0.484. The van der Waals surface area contributed by atoms with Gasteiger partial charge in [-0.1, -0.05) is 6.92 Å². The van der Waals surface area contributed by atoms with E-state index in [0.717, 1.165) is 31.6 Å². The summed E-state index contributed by atoms with van der Waals surface area (Å²) in [5, 5.41) is 11.0. The van der Waals surface area contributed by atoms with Crippen molar-refractivity contribution >= 4 is 5.91 Å². The Morgan fingerprint density at radius 1 is 1.26 bits per heavy atom. The second-order valence-corrected chi connectivity index (χ2v) is 6.02. The quantitative estimate of drug-likeness (QED) is 0.858. The predicted molar refractivity (Wildman–Crippen MR) is 84.2 cm³/mol. The average Bonchev–Trinajstić information content (AvgIpc) is 3.10. The second-order valence-electron chi connectivity index (χ2n) is 6.02. The van der Waals surface area contributed by atoms with Crippen LogP contribution in [0.4, 0.5) is 0 Å². The van der Waals surface area contributed by atoms with E-state index in [1.807, 2.05) is 29.2 Å². The van der Waals surface area contributed by atoms with E-state index < -0.39 is 6.10 Å². The highest BCUT2D eigenvalue weighted by Crippen LogP contribution is 2.19. The zero-order chi connectivity index (χ0) is 16.2. The van der Waals surface area contributed by atoms with Gasteiger partial charge in [0.25, 0.3) is 5.91 Å². The van der Waals surface area contributed by atoms with Crippen LogP contribution in [0.1, 0.15) is 26.7 Å². The first-order valence-electron chi connectivity index (χ1n) is 7.92. The minimum absolute atomic E-state index is 0.0569. The van der Waals surface area contributed by atoms with Gasteiger partial charge in [0.15, 0.2) is 6.10 Å². The summed E-state index contributed by atoms with van der Waals surface area (Å²) in [7, 11) is 0. The van der Waals surface area contributed by atoms with Gasteiger partial charge < -0.3 is 9.64 Å². The Hall–Kier alpha value is -2.44. The number of hydrogen-bond acceptors (Lipinski definition) is 5. The maximum Gasteiger partial charge on any atom is 0.263 e. The third-order valence-corrected chi connectivity index (χ3v) is 4.21. The largest absolute Gasteiger partial charge is 0.481 e. The lowest BCUT2D eigenvalue weighted by Gasteiger charge is -2.32. The summed E-state index contributed by atoms with van der Waals surface area (Å²) >= 11 is 0. The standard InChI is InChI=1S/C16H21N5O2/c1-12-7-9-20(10-8-12)16(22)13(2)23-15-5-3-14(4-6-15)21-11-17-18-19-21/h3-6,11-13H,7-10H2,1-2H3/t13-/m0/s1. The Morgan fingerprint density at radius 2 is 1.96 bits per heavy atom. The molecule has 1 aromatic carbocycles. The Labute approximate surface area is 135 Å². The average molecular weight is 315 g/mol. The molecule has 122 valence electrons. The first kappa shape index (κ1) is 15.5. The summed E-state index contributed by atoms with van der Waals surface area (Å²) in [6.07, 6.45) is 3.18. The van der Waals surface area contributed by atoms with E-state index >= 15 is 0 Å². The van der Waals surface area contributed by atoms with Crippen LogP contribution < -0.4 is 4.74 Å². The molecule has 7 nitrogen and oxygen atoms in total. The number of carbonyl (C=O) groups excluding carboxylic acids is 1. The van der Waals surface area contributed by atoms with E-state index in [4.69, 9.17) is 4.74 Å². The molecule has 0 spiro atoms. The fourth-order valence-corrected chi connectivity index (χ4v) is 2.70. The number of tetrazole rings is 1. The molecule has 1 aromatic heterocycles. The van der Waals surface area contributed by atoms with Crippen molar-refractivity contribution in [1.29, 1.82) is 0 Å². The molecular weight excluding hydrogens is 294 g/mol. The Balaban J connectivity index is 1.59. The fraction of sp³-hybridized carbons (Fsp3) is 0.500. The van der Waals surface area contributed by atoms with Crippen molar-refractivity contribution in [2.75, 3.05) is 13.1 Å². The Kier molecular flexibility index (Phi) is 4.55. The molecule has 7 heteroatoms. The van der Waals surface area contributed by atoms with Crippen molar-refractivity contribution in [1.82, 2.24) is 25.1 Å². The van der Waals surface area contributed by atoms with E-state index in [-0.39, 0.29) is 5.91 Å². The van der Waals surface area contributed by atoms with Gasteiger partial charge in [-0.15, -0.1) is 5.10 Å². The summed E-state index contributed by atoms with van der Waals surface area (Å²) in [5.41, 5.74) is 0.839. The Bertz CT molecular complexity index is 633. The topological polar surface area (TPSA) is 73.1 Å². The van der Waals surface area contributed by atoms with E-state index in [0.29, 0.717) is 11.7 Å². The van der Waals surface area contributed by atoms with Crippen LogP contribution in [0.2, 0.25) is 0 Å². The second kappa shape index (κ2) is 6.76. The van der Waals surface area contributed by atoms with E-state index in [9.17, 15) is 4.79 Å². The lowest BCUT2D eigenvalue weighted by Crippen LogP contribution is -2.44. The van der Waals surface area contributed by atoms with Crippen molar-refractivity contribution < 1.29 is 9.53 Å². The lowest BCUT2D eigenvalue weighted by molar-refractivity contribution is -0.139. The molecular formula is C16H21N5O2. The number of benzene rings is 1. The summed E-state index contributed by atoms with van der Waals surface area (Å²) in [6, 6.07) is 7.34. The highest BCUT2D eigenvalue weighted by atomic mass is 16.5. The van der Waals surface area contributed by atoms with Crippen LogP contribution in [0.5, 0.6) is 5.75 Å². The normalized spacial score (nSPS) is 17.0. The number of likely N-dealkylation sites (tertiary alicyclic amines) is 1. The number of rotatable bonds is 4. The SMILES string of the molecule is CC1CCN(C(=O)[C@H](C)Oc2ccc(-n3cnnn3)cc2)CC1. The fourth-order valence-electron chi connectivity index (χ4n) is 2.70. The number of piperidine rings is 1. The Morgan fingerprint density at radius 3 is 2.57 bits per heavy atom. The molecule has 23 heavy (non-hydrogen) atoms. The van der Waals surface area contributed by atoms with Gasteiger partial charge in [0, 0.05) is 13.1 Å². The van der Waals surface area contributed by atoms with Crippen LogP contribution in [0.15, 0.2) is 30.6 Å². The van der Waals surface area contributed by atoms with E-state index in [1.54, 1.807) is 11.6 Å². The molecule has 1 amide bonds. The number of carbonyl (C=O) groups is 1. The van der Waals surface area contributed by atoms with Gasteiger partial charge >= 0.3 is 0 Å². The van der Waals surface area contributed by atoms with Crippen LogP contribution in [0.3, 0.4) is 0 Å². The third kappa shape index (κ3) is 3.67. The maximum atomic E-state index is 12.4. The number of nitrogens with zero attached hydrogens (tertiary/aromatic N) is 5. The van der Waals surface area contributed by atoms with Crippen molar-refractivity contribution in [3.8, 4) is 11.4 Å². The predicted octanol–water partition coefficient (Wildman–Crippen LogP) is 1.69. The van der Waals surface area contributed by atoms with E-state index in [2.05, 4.69) is 22.4 Å². The van der Waals surface area contributed by atoms with Gasteiger partial charge in [0.2, 0.25) is 0 Å². The molecule has 0 N–H and O–H groups in total. The van der Waals surface area contributed by atoms with E-state index in [1.165, 1.54) is 6.33 Å². The molecule has 2 heterocycles. The number of amides is 1. The smallest absolute Gasteiger partial charge is 0.263 e. The van der Waals surface area contributed by atoms with Gasteiger partial charge in [0.1, 0.15) is 12.1 Å². The number of hydrogen-bond donors (Lipinski definition) is 0. The molecule has 1 atom stereocenters. The molecule has 0 bridgehead atoms. The zero-order valence-corrected chi connectivity index (χ0v) is 13.4. The number of ether oxygens (including phenoxy) is 1. The van der Waals surface area contributed by atoms with Crippen LogP contribution in [-0.2, 0) is 4.79 Å². The van der Waals surface area contributed by atoms with Crippen molar-refractivity contribution in [2.24, 2.45) is 5.92 Å². The van der Waals surface area contributed by atoms with Crippen LogP contribution in [-0.4, -0.2) is 50.2 Å². The summed E-state index contributed by atoms with van der Waals surface area (Å²) in [4.78, 5) is 14.3. The summed E-state index contributed by atoms with van der Waals surface area (Å²) in [6.45, 7) is 5.68. The van der Waals surface area contributed by atoms with Gasteiger partial charge in [-0.3, -0.25) is 4.79 Å². The first-order chi connectivity index (χ1) is 11.1. The van der Waals surface area contributed by atoms with Crippen molar-refractivity contribution in [3.63, 3.8) is 0 Å². The first-order valence-corrected chi connectivity index (χ1v) is 7.92. The molecule has 0 aliphatic carbocycles. The zero-order valence-electron chi connectivity index (χ0n) is 13.4. The third-order valence-electron chi connectivity index (χ3n) is 4.21. The van der Waals surface area contributed by atoms with Crippen LogP contribution in [0, 0.1) is 5.92 Å². The monoisotopic (exact) mass is 315 g/mol. The molecule has 1 saturated heterocycles. The van der Waals surface area contributed by atoms with Crippen molar-refractivity contribution in [2.45, 2.75) is 32.8 Å². The molecule has 2 aromatic rings. The van der Waals surface area contributed by atoms with Gasteiger partial charge in [-0.05, 0) is 60.4 Å². The summed E-state index contributed by atoms with van der Waals surface area (Å²) in [5.74, 6) is 1.42. The summed E-state index contributed by atoms with van der Waals surface area (Å²) < 4.78 is 7.34. The van der Waals surface area contributed by atoms with Gasteiger partial charge in [-0.25, -0.2) is 4.68 Å². The maximum absolute atomic E-state index is 12.4.